The van der Waals surface area contributed by atoms with Crippen molar-refractivity contribution in [3.8, 4) is 5.75 Å². The molecule has 27 heavy (non-hydrogen) atoms. The van der Waals surface area contributed by atoms with Gasteiger partial charge in [0, 0.05) is 45.4 Å². The van der Waals surface area contributed by atoms with E-state index >= 15 is 0 Å². The molecule has 1 N–H and O–H groups in total. The van der Waals surface area contributed by atoms with Gasteiger partial charge in [0.2, 0.25) is 0 Å². The van der Waals surface area contributed by atoms with Crippen molar-refractivity contribution >= 4 is 0 Å². The summed E-state index contributed by atoms with van der Waals surface area (Å²) in [5.41, 5.74) is 3.53. The minimum absolute atomic E-state index is 0.188. The number of methoxy groups -OCH3 is 1. The third-order valence-corrected chi connectivity index (χ3v) is 5.32. The van der Waals surface area contributed by atoms with E-state index in [1.54, 1.807) is 7.11 Å². The maximum Gasteiger partial charge on any atom is 0.123 e. The maximum absolute atomic E-state index is 13.1. The zero-order valence-electron chi connectivity index (χ0n) is 16.2. The average molecular weight is 372 g/mol. The molecule has 0 saturated carbocycles. The molecule has 1 aliphatic rings. The van der Waals surface area contributed by atoms with Gasteiger partial charge < -0.3 is 9.84 Å². The molecule has 1 atom stereocenters. The number of benzene rings is 2. The van der Waals surface area contributed by atoms with Crippen LogP contribution in [0.5, 0.6) is 5.75 Å². The van der Waals surface area contributed by atoms with Gasteiger partial charge in [-0.05, 0) is 48.2 Å². The van der Waals surface area contributed by atoms with Crippen molar-refractivity contribution in [1.82, 2.24) is 9.80 Å². The lowest BCUT2D eigenvalue weighted by Gasteiger charge is -2.41. The van der Waals surface area contributed by atoms with Crippen LogP contribution < -0.4 is 4.74 Å². The van der Waals surface area contributed by atoms with Gasteiger partial charge in [0.15, 0.2) is 0 Å². The Hall–Kier alpha value is -1.95. The highest BCUT2D eigenvalue weighted by Crippen LogP contribution is 2.22. The Labute approximate surface area is 161 Å². The lowest BCUT2D eigenvalue weighted by Crippen LogP contribution is -2.52. The van der Waals surface area contributed by atoms with Crippen molar-refractivity contribution in [2.24, 2.45) is 0 Å². The summed E-state index contributed by atoms with van der Waals surface area (Å²) in [6, 6.07) is 13.4. The molecule has 2 aromatic rings. The van der Waals surface area contributed by atoms with E-state index in [2.05, 4.69) is 28.9 Å². The molecule has 5 heteroatoms. The number of aliphatic hydroxyl groups excluding tert-OH is 1. The van der Waals surface area contributed by atoms with Crippen LogP contribution in [0.25, 0.3) is 0 Å². The van der Waals surface area contributed by atoms with Crippen LogP contribution in [-0.2, 0) is 13.1 Å². The van der Waals surface area contributed by atoms with Crippen LogP contribution in [-0.4, -0.2) is 54.3 Å². The van der Waals surface area contributed by atoms with Gasteiger partial charge in [-0.15, -0.1) is 0 Å². The van der Waals surface area contributed by atoms with Crippen LogP contribution in [0.4, 0.5) is 4.39 Å². The van der Waals surface area contributed by atoms with Crippen LogP contribution in [0, 0.1) is 12.7 Å². The summed E-state index contributed by atoms with van der Waals surface area (Å²) < 4.78 is 18.5. The number of ether oxygens (including phenoxy) is 1. The standard InChI is InChI=1S/C22H29FN2O2/c1-17-13-19(5-8-22(17)27-2)15-25-11-10-24(16-21(25)9-12-26)14-18-3-6-20(23)7-4-18/h3-8,13,21,26H,9-12,14-16H2,1-2H3. The van der Waals surface area contributed by atoms with E-state index in [0.717, 1.165) is 56.0 Å². The van der Waals surface area contributed by atoms with Crippen LogP contribution in [0.15, 0.2) is 42.5 Å². The van der Waals surface area contributed by atoms with Crippen molar-refractivity contribution in [3.63, 3.8) is 0 Å². The summed E-state index contributed by atoms with van der Waals surface area (Å²) >= 11 is 0. The smallest absolute Gasteiger partial charge is 0.123 e. The van der Waals surface area contributed by atoms with E-state index in [9.17, 15) is 9.50 Å². The molecule has 3 rings (SSSR count). The predicted molar refractivity (Wildman–Crippen MR) is 105 cm³/mol. The van der Waals surface area contributed by atoms with E-state index < -0.39 is 0 Å². The summed E-state index contributed by atoms with van der Waals surface area (Å²) in [6.45, 7) is 6.78. The summed E-state index contributed by atoms with van der Waals surface area (Å²) in [7, 11) is 1.69. The Morgan fingerprint density at radius 2 is 1.81 bits per heavy atom. The second kappa shape index (κ2) is 9.31. The van der Waals surface area contributed by atoms with Gasteiger partial charge in [-0.3, -0.25) is 9.80 Å². The molecule has 0 spiro atoms. The van der Waals surface area contributed by atoms with E-state index in [1.165, 1.54) is 17.7 Å². The largest absolute Gasteiger partial charge is 0.496 e. The zero-order valence-corrected chi connectivity index (χ0v) is 16.2. The van der Waals surface area contributed by atoms with Crippen molar-refractivity contribution in [2.75, 3.05) is 33.4 Å². The normalized spacial score (nSPS) is 18.6. The Morgan fingerprint density at radius 1 is 1.07 bits per heavy atom. The molecule has 0 aliphatic carbocycles. The van der Waals surface area contributed by atoms with Crippen molar-refractivity contribution in [2.45, 2.75) is 32.5 Å². The second-order valence-electron chi connectivity index (χ2n) is 7.30. The Kier molecular flexibility index (Phi) is 6.83. The van der Waals surface area contributed by atoms with Gasteiger partial charge in [-0.2, -0.15) is 0 Å². The number of aliphatic hydroxyl groups is 1. The Bertz CT molecular complexity index is 736. The zero-order chi connectivity index (χ0) is 19.2. The topological polar surface area (TPSA) is 35.9 Å². The second-order valence-corrected chi connectivity index (χ2v) is 7.30. The van der Waals surface area contributed by atoms with Crippen molar-refractivity contribution in [3.05, 3.63) is 65.0 Å². The number of nitrogens with zero attached hydrogens (tertiary/aromatic N) is 2. The molecule has 0 amide bonds. The number of aryl methyl sites for hydroxylation is 1. The molecule has 2 aromatic carbocycles. The van der Waals surface area contributed by atoms with Gasteiger partial charge in [0.1, 0.15) is 11.6 Å². The molecule has 0 bridgehead atoms. The summed E-state index contributed by atoms with van der Waals surface area (Å²) in [6.07, 6.45) is 0.759. The molecule has 0 radical (unpaired) electrons. The van der Waals surface area contributed by atoms with Gasteiger partial charge in [-0.25, -0.2) is 4.39 Å². The van der Waals surface area contributed by atoms with Crippen molar-refractivity contribution < 1.29 is 14.2 Å². The Balaban J connectivity index is 1.63. The van der Waals surface area contributed by atoms with Gasteiger partial charge in [0.25, 0.3) is 0 Å². The molecule has 1 aliphatic heterocycles. The first-order chi connectivity index (χ1) is 13.1. The van der Waals surface area contributed by atoms with Gasteiger partial charge in [0.05, 0.1) is 7.11 Å². The molecule has 1 fully saturated rings. The van der Waals surface area contributed by atoms with Crippen LogP contribution in [0.3, 0.4) is 0 Å². The molecular formula is C22H29FN2O2. The fourth-order valence-corrected chi connectivity index (χ4v) is 3.85. The summed E-state index contributed by atoms with van der Waals surface area (Å²) in [5.74, 6) is 0.714. The average Bonchev–Trinajstić information content (AvgIpc) is 2.66. The molecular weight excluding hydrogens is 343 g/mol. The minimum Gasteiger partial charge on any atom is -0.496 e. The fraction of sp³-hybridized carbons (Fsp3) is 0.455. The number of rotatable bonds is 7. The molecule has 1 heterocycles. The lowest BCUT2D eigenvalue weighted by molar-refractivity contribution is 0.0499. The summed E-state index contributed by atoms with van der Waals surface area (Å²) in [4.78, 5) is 4.85. The number of halogens is 1. The highest BCUT2D eigenvalue weighted by Gasteiger charge is 2.26. The lowest BCUT2D eigenvalue weighted by atomic mass is 10.0. The molecule has 1 unspecified atom stereocenters. The summed E-state index contributed by atoms with van der Waals surface area (Å²) in [5, 5.41) is 9.52. The minimum atomic E-state index is -0.198. The van der Waals surface area contributed by atoms with Crippen molar-refractivity contribution in [1.29, 1.82) is 0 Å². The van der Waals surface area contributed by atoms with E-state index in [4.69, 9.17) is 4.74 Å². The fourth-order valence-electron chi connectivity index (χ4n) is 3.85. The molecule has 146 valence electrons. The maximum atomic E-state index is 13.1. The van der Waals surface area contributed by atoms with E-state index in [1.807, 2.05) is 18.2 Å². The van der Waals surface area contributed by atoms with E-state index in [-0.39, 0.29) is 12.4 Å². The first-order valence-electron chi connectivity index (χ1n) is 9.54. The predicted octanol–water partition coefficient (Wildman–Crippen LogP) is 3.21. The first kappa shape index (κ1) is 19.8. The highest BCUT2D eigenvalue weighted by atomic mass is 19.1. The van der Waals surface area contributed by atoms with Crippen LogP contribution in [0.2, 0.25) is 0 Å². The number of piperazine rings is 1. The van der Waals surface area contributed by atoms with E-state index in [0.29, 0.717) is 6.04 Å². The Morgan fingerprint density at radius 3 is 2.48 bits per heavy atom. The van der Waals surface area contributed by atoms with Crippen LogP contribution >= 0.6 is 0 Å². The van der Waals surface area contributed by atoms with Gasteiger partial charge in [-0.1, -0.05) is 24.3 Å². The quantitative estimate of drug-likeness (QED) is 0.810. The number of hydrogen-bond acceptors (Lipinski definition) is 4. The number of hydrogen-bond donors (Lipinski definition) is 1. The molecule has 4 nitrogen and oxygen atoms in total. The SMILES string of the molecule is COc1ccc(CN2CCN(Cc3ccc(F)cc3)CC2CCO)cc1C. The molecule has 0 aromatic heterocycles. The highest BCUT2D eigenvalue weighted by molar-refractivity contribution is 5.36. The van der Waals surface area contributed by atoms with Gasteiger partial charge >= 0.3 is 0 Å². The monoisotopic (exact) mass is 372 g/mol. The molecule has 1 saturated heterocycles. The first-order valence-corrected chi connectivity index (χ1v) is 9.54. The third kappa shape index (κ3) is 5.28. The van der Waals surface area contributed by atoms with Crippen LogP contribution in [0.1, 0.15) is 23.1 Å². The third-order valence-electron chi connectivity index (χ3n) is 5.32.